The van der Waals surface area contributed by atoms with Gasteiger partial charge in [-0.3, -0.25) is 9.48 Å². The van der Waals surface area contributed by atoms with Crippen molar-refractivity contribution in [1.82, 2.24) is 9.78 Å². The van der Waals surface area contributed by atoms with Crippen LogP contribution < -0.4 is 5.32 Å². The van der Waals surface area contributed by atoms with E-state index in [-0.39, 0.29) is 5.91 Å². The van der Waals surface area contributed by atoms with E-state index >= 15 is 0 Å². The Balaban J connectivity index is 1.39. The SMILES string of the molecule is O=C(Nc1cccc(Cn2cccn2)c1)C1CC(c2cccc(Br)c2)=NO1. The van der Waals surface area contributed by atoms with Gasteiger partial charge in [0.15, 0.2) is 0 Å². The summed E-state index contributed by atoms with van der Waals surface area (Å²) in [6.45, 7) is 0.646. The Morgan fingerprint density at radius 2 is 2.11 bits per heavy atom. The maximum Gasteiger partial charge on any atom is 0.268 e. The van der Waals surface area contributed by atoms with E-state index in [1.807, 2.05) is 65.5 Å². The van der Waals surface area contributed by atoms with Crippen molar-refractivity contribution in [2.24, 2.45) is 5.16 Å². The fourth-order valence-corrected chi connectivity index (χ4v) is 3.31. The number of nitrogens with zero attached hydrogens (tertiary/aromatic N) is 3. The fourth-order valence-electron chi connectivity index (χ4n) is 2.91. The molecular formula is C20H17BrN4O2. The van der Waals surface area contributed by atoms with Gasteiger partial charge >= 0.3 is 0 Å². The maximum absolute atomic E-state index is 12.6. The molecule has 1 aliphatic rings. The van der Waals surface area contributed by atoms with Gasteiger partial charge in [0, 0.05) is 34.5 Å². The van der Waals surface area contributed by atoms with Crippen LogP contribution in [0.5, 0.6) is 0 Å². The van der Waals surface area contributed by atoms with Gasteiger partial charge in [-0.25, -0.2) is 0 Å². The third-order valence-electron chi connectivity index (χ3n) is 4.22. The zero-order chi connectivity index (χ0) is 18.6. The first-order valence-corrected chi connectivity index (χ1v) is 9.32. The molecule has 4 rings (SSSR count). The highest BCUT2D eigenvalue weighted by Gasteiger charge is 2.29. The minimum atomic E-state index is -0.631. The van der Waals surface area contributed by atoms with E-state index in [9.17, 15) is 4.79 Å². The quantitative estimate of drug-likeness (QED) is 0.676. The molecule has 6 nitrogen and oxygen atoms in total. The van der Waals surface area contributed by atoms with E-state index in [0.29, 0.717) is 13.0 Å². The molecule has 1 N–H and O–H groups in total. The first kappa shape index (κ1) is 17.5. The number of hydrogen-bond donors (Lipinski definition) is 1. The zero-order valence-corrected chi connectivity index (χ0v) is 16.0. The molecule has 0 spiro atoms. The molecule has 2 aromatic carbocycles. The third-order valence-corrected chi connectivity index (χ3v) is 4.71. The van der Waals surface area contributed by atoms with Crippen LogP contribution in [0.3, 0.4) is 0 Å². The fraction of sp³-hybridized carbons (Fsp3) is 0.150. The van der Waals surface area contributed by atoms with Gasteiger partial charge in [0.2, 0.25) is 6.10 Å². The number of oxime groups is 1. The lowest BCUT2D eigenvalue weighted by molar-refractivity contribution is -0.125. The molecule has 0 fully saturated rings. The van der Waals surface area contributed by atoms with Crippen molar-refractivity contribution >= 4 is 33.2 Å². The molecule has 3 aromatic rings. The van der Waals surface area contributed by atoms with Crippen LogP contribution in [0.15, 0.2) is 76.6 Å². The van der Waals surface area contributed by atoms with Crippen molar-refractivity contribution in [2.75, 3.05) is 5.32 Å². The summed E-state index contributed by atoms with van der Waals surface area (Å²) in [4.78, 5) is 17.9. The van der Waals surface area contributed by atoms with Crippen LogP contribution in [-0.4, -0.2) is 27.5 Å². The average molecular weight is 425 g/mol. The Kier molecular flexibility index (Phi) is 5.02. The molecule has 0 saturated heterocycles. The zero-order valence-electron chi connectivity index (χ0n) is 14.4. The molecule has 1 amide bonds. The summed E-state index contributed by atoms with van der Waals surface area (Å²) in [7, 11) is 0. The number of rotatable bonds is 5. The lowest BCUT2D eigenvalue weighted by Crippen LogP contribution is -2.28. The van der Waals surface area contributed by atoms with Crippen LogP contribution in [0.25, 0.3) is 0 Å². The second kappa shape index (κ2) is 7.75. The number of halogens is 1. The summed E-state index contributed by atoms with van der Waals surface area (Å²) >= 11 is 3.44. The van der Waals surface area contributed by atoms with Crippen LogP contribution in [0.4, 0.5) is 5.69 Å². The Labute approximate surface area is 165 Å². The Morgan fingerprint density at radius 1 is 1.22 bits per heavy atom. The molecule has 0 saturated carbocycles. The standard InChI is InChI=1S/C20H17BrN4O2/c21-16-6-2-5-15(11-16)18-12-19(27-24-18)20(26)23-17-7-1-4-14(10-17)13-25-9-3-8-22-25/h1-11,19H,12-13H2,(H,23,26). The normalized spacial score (nSPS) is 15.9. The number of aromatic nitrogens is 2. The number of amides is 1. The molecule has 2 heterocycles. The van der Waals surface area contributed by atoms with Crippen LogP contribution in [0.1, 0.15) is 17.5 Å². The summed E-state index contributed by atoms with van der Waals surface area (Å²) in [5.74, 6) is -0.208. The van der Waals surface area contributed by atoms with Gasteiger partial charge in [-0.2, -0.15) is 5.10 Å². The highest BCUT2D eigenvalue weighted by atomic mass is 79.9. The molecular weight excluding hydrogens is 408 g/mol. The molecule has 1 aromatic heterocycles. The van der Waals surface area contributed by atoms with E-state index < -0.39 is 6.10 Å². The Morgan fingerprint density at radius 3 is 2.93 bits per heavy atom. The molecule has 136 valence electrons. The Bertz CT molecular complexity index is 985. The van der Waals surface area contributed by atoms with Gasteiger partial charge in [0.05, 0.1) is 12.3 Å². The number of anilines is 1. The molecule has 1 aliphatic heterocycles. The highest BCUT2D eigenvalue weighted by molar-refractivity contribution is 9.10. The van der Waals surface area contributed by atoms with E-state index in [1.54, 1.807) is 6.20 Å². The lowest BCUT2D eigenvalue weighted by atomic mass is 10.0. The second-order valence-electron chi connectivity index (χ2n) is 6.24. The molecule has 1 unspecified atom stereocenters. The number of benzene rings is 2. The lowest BCUT2D eigenvalue weighted by Gasteiger charge is -2.11. The maximum atomic E-state index is 12.6. The molecule has 0 radical (unpaired) electrons. The summed E-state index contributed by atoms with van der Waals surface area (Å²) in [5.41, 5.74) is 3.49. The van der Waals surface area contributed by atoms with Crippen molar-refractivity contribution in [3.63, 3.8) is 0 Å². The summed E-state index contributed by atoms with van der Waals surface area (Å²) in [6, 6.07) is 17.4. The second-order valence-corrected chi connectivity index (χ2v) is 7.16. The van der Waals surface area contributed by atoms with Crippen LogP contribution in [0, 0.1) is 0 Å². The molecule has 27 heavy (non-hydrogen) atoms. The van der Waals surface area contributed by atoms with E-state index in [2.05, 4.69) is 31.5 Å². The largest absolute Gasteiger partial charge is 0.382 e. The van der Waals surface area contributed by atoms with Crippen LogP contribution in [0.2, 0.25) is 0 Å². The first-order chi connectivity index (χ1) is 13.2. The first-order valence-electron chi connectivity index (χ1n) is 8.53. The molecule has 7 heteroatoms. The summed E-state index contributed by atoms with van der Waals surface area (Å²) in [6.07, 6.45) is 3.45. The molecule has 1 atom stereocenters. The summed E-state index contributed by atoms with van der Waals surface area (Å²) < 4.78 is 2.80. The van der Waals surface area contributed by atoms with Gasteiger partial charge in [0.1, 0.15) is 0 Å². The van der Waals surface area contributed by atoms with Crippen molar-refractivity contribution in [2.45, 2.75) is 19.1 Å². The van der Waals surface area contributed by atoms with Gasteiger partial charge in [-0.1, -0.05) is 45.4 Å². The van der Waals surface area contributed by atoms with E-state index in [0.717, 1.165) is 27.0 Å². The molecule has 0 bridgehead atoms. The monoisotopic (exact) mass is 424 g/mol. The predicted octanol–water partition coefficient (Wildman–Crippen LogP) is 3.83. The van der Waals surface area contributed by atoms with E-state index in [4.69, 9.17) is 4.84 Å². The van der Waals surface area contributed by atoms with Crippen molar-refractivity contribution < 1.29 is 9.63 Å². The summed E-state index contributed by atoms with van der Waals surface area (Å²) in [5, 5.41) is 11.2. The van der Waals surface area contributed by atoms with Gasteiger partial charge in [0.25, 0.3) is 5.91 Å². The van der Waals surface area contributed by atoms with Gasteiger partial charge in [-0.15, -0.1) is 0 Å². The highest BCUT2D eigenvalue weighted by Crippen LogP contribution is 2.21. The third kappa shape index (κ3) is 4.25. The number of hydrogen-bond acceptors (Lipinski definition) is 4. The van der Waals surface area contributed by atoms with Crippen molar-refractivity contribution in [3.05, 3.63) is 82.6 Å². The number of carbonyl (C=O) groups is 1. The minimum absolute atomic E-state index is 0.208. The van der Waals surface area contributed by atoms with Gasteiger partial charge < -0.3 is 10.2 Å². The molecule has 0 aliphatic carbocycles. The smallest absolute Gasteiger partial charge is 0.268 e. The number of carbonyl (C=O) groups excluding carboxylic acids is 1. The topological polar surface area (TPSA) is 68.5 Å². The number of nitrogens with one attached hydrogen (secondary N) is 1. The van der Waals surface area contributed by atoms with Gasteiger partial charge in [-0.05, 0) is 35.9 Å². The predicted molar refractivity (Wildman–Crippen MR) is 107 cm³/mol. The van der Waals surface area contributed by atoms with E-state index in [1.165, 1.54) is 0 Å². The average Bonchev–Trinajstić information content (AvgIpc) is 3.34. The van der Waals surface area contributed by atoms with Crippen molar-refractivity contribution in [1.29, 1.82) is 0 Å². The van der Waals surface area contributed by atoms with Crippen molar-refractivity contribution in [3.8, 4) is 0 Å². The minimum Gasteiger partial charge on any atom is -0.382 e. The van der Waals surface area contributed by atoms with Crippen LogP contribution >= 0.6 is 15.9 Å². The van der Waals surface area contributed by atoms with Crippen LogP contribution in [-0.2, 0) is 16.2 Å². The Hall–Kier alpha value is -2.93.